The van der Waals surface area contributed by atoms with Crippen molar-refractivity contribution in [3.05, 3.63) is 88.3 Å². The van der Waals surface area contributed by atoms with Crippen molar-refractivity contribution in [3.63, 3.8) is 0 Å². The molecule has 39 heavy (non-hydrogen) atoms. The predicted octanol–water partition coefficient (Wildman–Crippen LogP) is 5.05. The summed E-state index contributed by atoms with van der Waals surface area (Å²) in [6.07, 6.45) is 9.20. The molecule has 0 saturated carbocycles. The second kappa shape index (κ2) is 11.6. The molecule has 2 aromatic carbocycles. The summed E-state index contributed by atoms with van der Waals surface area (Å²) in [5.74, 6) is -0.764. The molecule has 3 N–H and O–H groups in total. The summed E-state index contributed by atoms with van der Waals surface area (Å²) < 4.78 is 15.6. The number of carbonyl (C=O) groups excluding carboxylic acids is 2. The maximum Gasteiger partial charge on any atom is 0.244 e. The number of hydrogen-bond acceptors (Lipinski definition) is 6. The SMILES string of the molecule is O=C(C=Cc1cc(Cl)ccc1-n1cnnn1)N[C@H]1CC=CCCC(=O)Nc2ccc(F)cc2-c2nc1[nH]c2Cl. The van der Waals surface area contributed by atoms with Gasteiger partial charge in [0.25, 0.3) is 0 Å². The minimum Gasteiger partial charge on any atom is -0.342 e. The number of aromatic amines is 1. The fourth-order valence-electron chi connectivity index (χ4n) is 4.07. The lowest BCUT2D eigenvalue weighted by Gasteiger charge is -2.14. The zero-order valence-electron chi connectivity index (χ0n) is 20.2. The second-order valence-electron chi connectivity index (χ2n) is 8.62. The number of tetrazole rings is 1. The first-order valence-corrected chi connectivity index (χ1v) is 12.6. The molecule has 10 nitrogen and oxygen atoms in total. The first kappa shape index (κ1) is 26.3. The van der Waals surface area contributed by atoms with E-state index in [1.807, 2.05) is 12.2 Å². The maximum absolute atomic E-state index is 14.1. The molecule has 1 atom stereocenters. The van der Waals surface area contributed by atoms with Crippen molar-refractivity contribution in [1.29, 1.82) is 0 Å². The van der Waals surface area contributed by atoms with Crippen LogP contribution in [0.2, 0.25) is 10.2 Å². The van der Waals surface area contributed by atoms with Gasteiger partial charge in [-0.2, -0.15) is 4.68 Å². The Labute approximate surface area is 231 Å². The Kier molecular flexibility index (Phi) is 7.80. The first-order valence-electron chi connectivity index (χ1n) is 11.9. The van der Waals surface area contributed by atoms with Gasteiger partial charge in [-0.3, -0.25) is 9.59 Å². The van der Waals surface area contributed by atoms with Crippen LogP contribution in [0.4, 0.5) is 10.1 Å². The van der Waals surface area contributed by atoms with Gasteiger partial charge in [0.2, 0.25) is 11.8 Å². The number of carbonyl (C=O) groups is 2. The number of benzene rings is 2. The van der Waals surface area contributed by atoms with E-state index >= 15 is 0 Å². The lowest BCUT2D eigenvalue weighted by Crippen LogP contribution is -2.27. The molecule has 13 heteroatoms. The highest BCUT2D eigenvalue weighted by Gasteiger charge is 2.22. The van der Waals surface area contributed by atoms with Crippen LogP contribution in [-0.2, 0) is 9.59 Å². The van der Waals surface area contributed by atoms with Crippen LogP contribution in [0, 0.1) is 5.82 Å². The third-order valence-corrected chi connectivity index (χ3v) is 6.42. The van der Waals surface area contributed by atoms with Crippen molar-refractivity contribution in [3.8, 4) is 16.9 Å². The van der Waals surface area contributed by atoms with E-state index < -0.39 is 17.8 Å². The third-order valence-electron chi connectivity index (χ3n) is 5.91. The highest BCUT2D eigenvalue weighted by atomic mass is 35.5. The van der Waals surface area contributed by atoms with Gasteiger partial charge in [0.05, 0.1) is 17.4 Å². The number of fused-ring (bicyclic) bond motifs is 4. The van der Waals surface area contributed by atoms with Crippen molar-refractivity contribution in [1.82, 2.24) is 35.5 Å². The lowest BCUT2D eigenvalue weighted by atomic mass is 10.1. The molecule has 0 aliphatic carbocycles. The van der Waals surface area contributed by atoms with Crippen molar-refractivity contribution < 1.29 is 14.0 Å². The molecule has 0 fully saturated rings. The van der Waals surface area contributed by atoms with Crippen LogP contribution in [-0.4, -0.2) is 42.0 Å². The average molecular weight is 567 g/mol. The average Bonchev–Trinajstić information content (AvgIpc) is 3.57. The Bertz CT molecular complexity index is 1580. The predicted molar refractivity (Wildman–Crippen MR) is 145 cm³/mol. The molecule has 0 unspecified atom stereocenters. The van der Waals surface area contributed by atoms with E-state index in [2.05, 4.69) is 36.1 Å². The summed E-state index contributed by atoms with van der Waals surface area (Å²) in [6.45, 7) is 0. The number of hydrogen-bond donors (Lipinski definition) is 3. The molecule has 1 aliphatic rings. The summed E-state index contributed by atoms with van der Waals surface area (Å²) in [4.78, 5) is 33.0. The van der Waals surface area contributed by atoms with E-state index in [9.17, 15) is 14.0 Å². The van der Waals surface area contributed by atoms with Gasteiger partial charge in [-0.25, -0.2) is 9.37 Å². The Hall–Kier alpha value is -4.35. The normalized spacial score (nSPS) is 15.7. The maximum atomic E-state index is 14.1. The van der Waals surface area contributed by atoms with Crippen LogP contribution >= 0.6 is 23.2 Å². The quantitative estimate of drug-likeness (QED) is 0.234. The first-order chi connectivity index (χ1) is 18.9. The fourth-order valence-corrected chi connectivity index (χ4v) is 4.50. The largest absolute Gasteiger partial charge is 0.342 e. The van der Waals surface area contributed by atoms with E-state index in [0.717, 1.165) is 0 Å². The number of nitrogens with zero attached hydrogens (tertiary/aromatic N) is 5. The molecule has 2 amide bonds. The van der Waals surface area contributed by atoms with E-state index in [-0.39, 0.29) is 23.2 Å². The van der Waals surface area contributed by atoms with Crippen LogP contribution in [0.1, 0.15) is 36.7 Å². The van der Waals surface area contributed by atoms with Crippen molar-refractivity contribution in [2.45, 2.75) is 25.3 Å². The number of nitrogens with one attached hydrogen (secondary N) is 3. The number of imidazole rings is 1. The van der Waals surface area contributed by atoms with Crippen molar-refractivity contribution >= 4 is 46.8 Å². The molecule has 3 heterocycles. The highest BCUT2D eigenvalue weighted by molar-refractivity contribution is 6.32. The Balaban J connectivity index is 1.44. The van der Waals surface area contributed by atoms with E-state index in [4.69, 9.17) is 23.2 Å². The van der Waals surface area contributed by atoms with Crippen LogP contribution < -0.4 is 10.6 Å². The number of allylic oxidation sites excluding steroid dienone is 1. The summed E-state index contributed by atoms with van der Waals surface area (Å²) in [5.41, 5.74) is 2.22. The number of H-pyrrole nitrogens is 1. The summed E-state index contributed by atoms with van der Waals surface area (Å²) >= 11 is 12.6. The van der Waals surface area contributed by atoms with Crippen molar-refractivity contribution in [2.75, 3.05) is 5.32 Å². The van der Waals surface area contributed by atoms with Gasteiger partial charge in [-0.1, -0.05) is 35.4 Å². The topological polar surface area (TPSA) is 130 Å². The van der Waals surface area contributed by atoms with Gasteiger partial charge in [-0.05, 0) is 65.7 Å². The Morgan fingerprint density at radius 3 is 2.87 bits per heavy atom. The molecule has 1 aliphatic heterocycles. The third kappa shape index (κ3) is 6.21. The minimum atomic E-state index is -0.593. The Morgan fingerprint density at radius 1 is 1.18 bits per heavy atom. The zero-order valence-corrected chi connectivity index (χ0v) is 21.7. The number of rotatable bonds is 4. The molecule has 0 spiro atoms. The monoisotopic (exact) mass is 566 g/mol. The molecule has 5 rings (SSSR count). The van der Waals surface area contributed by atoms with Gasteiger partial charge in [0, 0.05) is 28.6 Å². The van der Waals surface area contributed by atoms with Crippen LogP contribution in [0.3, 0.4) is 0 Å². The minimum absolute atomic E-state index is 0.145. The summed E-state index contributed by atoms with van der Waals surface area (Å²) in [6, 6.07) is 8.50. The fraction of sp³-hybridized carbons (Fsp3) is 0.154. The standard InChI is InChI=1S/C26H21Cl2FN8O2/c27-16-7-10-21(37-14-30-35-36-37)15(12-16)6-11-23(39)32-20-4-2-1-3-5-22(38)31-19-9-8-17(29)13-18(19)24-25(28)34-26(20)33-24/h1-2,6-14,20H,3-5H2,(H,31,38)(H,32,39)(H,33,34)/t20-/m0/s1. The summed E-state index contributed by atoms with van der Waals surface area (Å²) in [7, 11) is 0. The number of amides is 2. The molecular weight excluding hydrogens is 546 g/mol. The molecule has 2 aromatic heterocycles. The van der Waals surface area contributed by atoms with Gasteiger partial charge in [-0.15, -0.1) is 5.10 Å². The van der Waals surface area contributed by atoms with Crippen LogP contribution in [0.15, 0.2) is 61.0 Å². The zero-order chi connectivity index (χ0) is 27.4. The smallest absolute Gasteiger partial charge is 0.244 e. The summed E-state index contributed by atoms with van der Waals surface area (Å²) in [5, 5.41) is 17.5. The number of aromatic nitrogens is 6. The second-order valence-corrected chi connectivity index (χ2v) is 9.43. The molecule has 2 bridgehead atoms. The van der Waals surface area contributed by atoms with Gasteiger partial charge in [0.15, 0.2) is 0 Å². The van der Waals surface area contributed by atoms with E-state index in [1.165, 1.54) is 35.3 Å². The molecule has 198 valence electrons. The molecule has 0 radical (unpaired) electrons. The van der Waals surface area contributed by atoms with Gasteiger partial charge >= 0.3 is 0 Å². The van der Waals surface area contributed by atoms with E-state index in [1.54, 1.807) is 24.3 Å². The highest BCUT2D eigenvalue weighted by Crippen LogP contribution is 2.34. The van der Waals surface area contributed by atoms with Crippen molar-refractivity contribution in [2.24, 2.45) is 0 Å². The van der Waals surface area contributed by atoms with Crippen LogP contribution in [0.5, 0.6) is 0 Å². The van der Waals surface area contributed by atoms with E-state index in [0.29, 0.717) is 46.2 Å². The molecule has 4 aromatic rings. The van der Waals surface area contributed by atoms with Gasteiger partial charge < -0.3 is 15.6 Å². The molecule has 0 saturated heterocycles. The van der Waals surface area contributed by atoms with Gasteiger partial charge in [0.1, 0.15) is 28.8 Å². The number of halogens is 3. The lowest BCUT2D eigenvalue weighted by molar-refractivity contribution is -0.117. The number of anilines is 1. The van der Waals surface area contributed by atoms with Crippen LogP contribution in [0.25, 0.3) is 23.0 Å². The molecular formula is C26H21Cl2FN8O2. The Morgan fingerprint density at radius 2 is 2.05 bits per heavy atom.